The first-order chi connectivity index (χ1) is 23.7. The van der Waals surface area contributed by atoms with Crippen LogP contribution in [0.15, 0.2) is 66.7 Å². The van der Waals surface area contributed by atoms with E-state index in [9.17, 15) is 14.4 Å². The minimum Gasteiger partial charge on any atom is -0.496 e. The average molecular weight is 668 g/mol. The van der Waals surface area contributed by atoms with Crippen LogP contribution in [0.3, 0.4) is 0 Å². The normalized spacial score (nSPS) is 18.2. The first-order valence-corrected chi connectivity index (χ1v) is 16.3. The maximum Gasteiger partial charge on any atom is 0.258 e. The van der Waals surface area contributed by atoms with Crippen molar-refractivity contribution in [1.82, 2.24) is 25.3 Å². The number of hydrogen-bond donors (Lipinski definition) is 2. The first kappa shape index (κ1) is 33.4. The molecule has 12 heteroatoms. The summed E-state index contributed by atoms with van der Waals surface area (Å²) >= 11 is 0. The maximum atomic E-state index is 13.8. The lowest BCUT2D eigenvalue weighted by Gasteiger charge is -2.22. The molecule has 3 amide bonds. The molecule has 6 heterocycles. The summed E-state index contributed by atoms with van der Waals surface area (Å²) in [4.78, 5) is 41.5. The standard InChI is InChI=1S/C37H41N5O7/c1-23-29(24(2)42(40-23)27-8-6-5-7-9-27)18-37(45)41-20-30-34(21-41)49-28-13-12-26(32(17-28)46-3)19-38-35(43)15-11-25-10-14-31(33(16-25)47-4)48-22-36(44)39-30/h5-10,12-14,16-17,30,34H,11,15,18-22H2,1-4H3,(H,38,43)(H,39,44)/t30-,34-/m1/s1. The SMILES string of the molecule is COc1cc2ccc1CNC(=O)CCc1ccc(c(OC)c1)OCC(=O)N[C@@H]1CN(C(=O)Cc3c(C)nn(-c4ccccc4)c3C)C[C@H]1O2. The Morgan fingerprint density at radius 2 is 1.73 bits per heavy atom. The van der Waals surface area contributed by atoms with Crippen LogP contribution in [0.5, 0.6) is 23.0 Å². The number of benzene rings is 3. The molecule has 0 unspecified atom stereocenters. The van der Waals surface area contributed by atoms with Gasteiger partial charge in [0, 0.05) is 42.4 Å². The molecule has 4 bridgehead atoms. The molecule has 3 aromatic carbocycles. The summed E-state index contributed by atoms with van der Waals surface area (Å²) in [6, 6.07) is 20.1. The average Bonchev–Trinajstić information content (AvgIpc) is 3.64. The van der Waals surface area contributed by atoms with Crippen LogP contribution < -0.4 is 29.6 Å². The van der Waals surface area contributed by atoms with Gasteiger partial charge < -0.3 is 34.5 Å². The smallest absolute Gasteiger partial charge is 0.258 e. The van der Waals surface area contributed by atoms with E-state index in [1.165, 1.54) is 7.11 Å². The summed E-state index contributed by atoms with van der Waals surface area (Å²) in [6.45, 7) is 4.38. The summed E-state index contributed by atoms with van der Waals surface area (Å²) in [7, 11) is 3.08. The van der Waals surface area contributed by atoms with Crippen LogP contribution in [0.2, 0.25) is 0 Å². The third kappa shape index (κ3) is 7.64. The third-order valence-electron chi connectivity index (χ3n) is 8.98. The van der Waals surface area contributed by atoms with Crippen LogP contribution in [0.25, 0.3) is 5.69 Å². The molecule has 0 radical (unpaired) electrons. The number of ether oxygens (including phenoxy) is 4. The summed E-state index contributed by atoms with van der Waals surface area (Å²) in [5.74, 6) is 1.36. The second kappa shape index (κ2) is 14.7. The van der Waals surface area contributed by atoms with Crippen molar-refractivity contribution in [2.45, 2.75) is 51.8 Å². The molecule has 9 rings (SSSR count). The van der Waals surface area contributed by atoms with Gasteiger partial charge >= 0.3 is 0 Å². The van der Waals surface area contributed by atoms with Crippen molar-refractivity contribution >= 4 is 17.7 Å². The lowest BCUT2D eigenvalue weighted by molar-refractivity contribution is -0.130. The van der Waals surface area contributed by atoms with Crippen LogP contribution >= 0.6 is 0 Å². The number of carbonyl (C=O) groups is 3. The highest BCUT2D eigenvalue weighted by Gasteiger charge is 2.38. The highest BCUT2D eigenvalue weighted by Crippen LogP contribution is 2.30. The Bertz CT molecular complexity index is 1840. The van der Waals surface area contributed by atoms with Gasteiger partial charge in [-0.25, -0.2) is 4.68 Å². The highest BCUT2D eigenvalue weighted by atomic mass is 16.5. The predicted molar refractivity (Wildman–Crippen MR) is 181 cm³/mol. The molecule has 1 fully saturated rings. The molecule has 0 spiro atoms. The lowest BCUT2D eigenvalue weighted by atomic mass is 10.1. The van der Waals surface area contributed by atoms with Gasteiger partial charge in [-0.1, -0.05) is 24.3 Å². The van der Waals surface area contributed by atoms with E-state index in [0.29, 0.717) is 29.4 Å². The van der Waals surface area contributed by atoms with Crippen molar-refractivity contribution in [3.63, 3.8) is 0 Å². The Labute approximate surface area is 285 Å². The largest absolute Gasteiger partial charge is 0.496 e. The molecule has 2 N–H and O–H groups in total. The van der Waals surface area contributed by atoms with Gasteiger partial charge in [0.15, 0.2) is 18.1 Å². The molecular weight excluding hydrogens is 626 g/mol. The number of aromatic nitrogens is 2. The number of amides is 3. The van der Waals surface area contributed by atoms with Crippen molar-refractivity contribution in [2.75, 3.05) is 33.9 Å². The number of methoxy groups -OCH3 is 2. The minimum absolute atomic E-state index is 0.0978. The van der Waals surface area contributed by atoms with Crippen LogP contribution in [-0.4, -0.2) is 78.5 Å². The fraction of sp³-hybridized carbons (Fsp3) is 0.351. The Kier molecular flexibility index (Phi) is 10.0. The van der Waals surface area contributed by atoms with Gasteiger partial charge in [0.25, 0.3) is 5.91 Å². The van der Waals surface area contributed by atoms with E-state index in [0.717, 1.165) is 33.8 Å². The monoisotopic (exact) mass is 667 g/mol. The van der Waals surface area contributed by atoms with Crippen LogP contribution in [0, 0.1) is 13.8 Å². The summed E-state index contributed by atoms with van der Waals surface area (Å²) in [5, 5.41) is 10.7. The summed E-state index contributed by atoms with van der Waals surface area (Å²) in [5.41, 5.74) is 5.15. The fourth-order valence-corrected chi connectivity index (χ4v) is 6.29. The van der Waals surface area contributed by atoms with Crippen molar-refractivity contribution < 1.29 is 33.3 Å². The zero-order chi connectivity index (χ0) is 34.5. The second-order valence-corrected chi connectivity index (χ2v) is 12.2. The van der Waals surface area contributed by atoms with E-state index in [2.05, 4.69) is 10.6 Å². The molecule has 256 valence electrons. The number of hydrogen-bond acceptors (Lipinski definition) is 8. The molecule has 1 aromatic heterocycles. The number of rotatable bonds is 5. The zero-order valence-electron chi connectivity index (χ0n) is 28.2. The first-order valence-electron chi connectivity index (χ1n) is 16.3. The topological polar surface area (TPSA) is 133 Å². The Morgan fingerprint density at radius 1 is 0.939 bits per heavy atom. The molecule has 2 atom stereocenters. The van der Waals surface area contributed by atoms with E-state index in [4.69, 9.17) is 24.0 Å². The summed E-state index contributed by atoms with van der Waals surface area (Å²) < 4.78 is 25.3. The number of likely N-dealkylation sites (tertiary alicyclic amines) is 1. The Hall–Kier alpha value is -5.52. The number of para-hydroxylation sites is 1. The maximum absolute atomic E-state index is 13.8. The van der Waals surface area contributed by atoms with Crippen molar-refractivity contribution in [3.05, 3.63) is 94.8 Å². The molecule has 5 aliphatic rings. The number of nitrogens with one attached hydrogen (secondary N) is 2. The lowest BCUT2D eigenvalue weighted by Crippen LogP contribution is -2.47. The van der Waals surface area contributed by atoms with Gasteiger partial charge in [-0.3, -0.25) is 14.4 Å². The molecule has 49 heavy (non-hydrogen) atoms. The van der Waals surface area contributed by atoms with Crippen molar-refractivity contribution in [3.8, 4) is 28.7 Å². The van der Waals surface area contributed by atoms with Gasteiger partial charge in [0.05, 0.1) is 44.6 Å². The van der Waals surface area contributed by atoms with Gasteiger partial charge in [0.2, 0.25) is 11.8 Å². The molecule has 0 aliphatic carbocycles. The van der Waals surface area contributed by atoms with Gasteiger partial charge in [-0.05, 0) is 62.2 Å². The second-order valence-electron chi connectivity index (χ2n) is 12.2. The third-order valence-corrected chi connectivity index (χ3v) is 8.98. The number of aryl methyl sites for hydroxylation is 2. The molecular formula is C37H41N5O7. The van der Waals surface area contributed by atoms with Crippen LogP contribution in [0.4, 0.5) is 0 Å². The van der Waals surface area contributed by atoms with Gasteiger partial charge in [0.1, 0.15) is 17.6 Å². The van der Waals surface area contributed by atoms with E-state index >= 15 is 0 Å². The van der Waals surface area contributed by atoms with E-state index < -0.39 is 12.1 Å². The molecule has 0 saturated carbocycles. The quantitative estimate of drug-likeness (QED) is 0.331. The van der Waals surface area contributed by atoms with Gasteiger partial charge in [-0.2, -0.15) is 5.10 Å². The van der Waals surface area contributed by atoms with Crippen LogP contribution in [0.1, 0.15) is 34.5 Å². The number of carbonyl (C=O) groups excluding carboxylic acids is 3. The predicted octanol–water partition coefficient (Wildman–Crippen LogP) is 3.46. The van der Waals surface area contributed by atoms with Crippen LogP contribution in [-0.2, 0) is 33.8 Å². The molecule has 1 saturated heterocycles. The zero-order valence-corrected chi connectivity index (χ0v) is 28.2. The van der Waals surface area contributed by atoms with E-state index in [1.54, 1.807) is 36.3 Å². The summed E-state index contributed by atoms with van der Waals surface area (Å²) in [6.07, 6.45) is 0.379. The van der Waals surface area contributed by atoms with Gasteiger partial charge in [-0.15, -0.1) is 0 Å². The van der Waals surface area contributed by atoms with Crippen molar-refractivity contribution in [2.24, 2.45) is 0 Å². The van der Waals surface area contributed by atoms with E-state index in [-0.39, 0.29) is 56.8 Å². The fourth-order valence-electron chi connectivity index (χ4n) is 6.29. The molecule has 12 nitrogen and oxygen atoms in total. The van der Waals surface area contributed by atoms with Crippen molar-refractivity contribution in [1.29, 1.82) is 0 Å². The number of nitrogens with zero attached hydrogens (tertiary/aromatic N) is 3. The Balaban J connectivity index is 1.24. The minimum atomic E-state index is -0.559. The highest BCUT2D eigenvalue weighted by molar-refractivity contribution is 5.81. The molecule has 5 aliphatic heterocycles. The Morgan fingerprint density at radius 3 is 2.51 bits per heavy atom. The van der Waals surface area contributed by atoms with E-state index in [1.807, 2.05) is 61.0 Å². The molecule has 4 aromatic rings.